The monoisotopic (exact) mass is 225 g/mol. The third-order valence-electron chi connectivity index (χ3n) is 2.57. The van der Waals surface area contributed by atoms with Crippen LogP contribution in [-0.4, -0.2) is 11.1 Å². The molecule has 0 amide bonds. The number of hydrogen-bond acceptors (Lipinski definition) is 2. The van der Waals surface area contributed by atoms with Crippen molar-refractivity contribution in [3.8, 4) is 0 Å². The van der Waals surface area contributed by atoms with Gasteiger partial charge in [0.25, 0.3) is 0 Å². The van der Waals surface area contributed by atoms with Crippen molar-refractivity contribution >= 4 is 5.97 Å². The van der Waals surface area contributed by atoms with E-state index in [4.69, 9.17) is 10.8 Å². The first-order valence-electron chi connectivity index (χ1n) is 5.17. The van der Waals surface area contributed by atoms with E-state index in [1.54, 1.807) is 12.1 Å². The number of carboxylic acids is 1. The van der Waals surface area contributed by atoms with Crippen molar-refractivity contribution in [2.24, 2.45) is 5.73 Å². The van der Waals surface area contributed by atoms with E-state index in [1.807, 2.05) is 13.0 Å². The number of carbonyl (C=O) groups is 1. The lowest BCUT2D eigenvalue weighted by molar-refractivity contribution is -0.137. The molecule has 1 aromatic rings. The molecule has 1 atom stereocenters. The lowest BCUT2D eigenvalue weighted by Gasteiger charge is -2.14. The van der Waals surface area contributed by atoms with Crippen molar-refractivity contribution in [2.75, 3.05) is 0 Å². The van der Waals surface area contributed by atoms with Gasteiger partial charge in [-0.05, 0) is 30.0 Å². The summed E-state index contributed by atoms with van der Waals surface area (Å²) in [6.07, 6.45) is 0.395. The van der Waals surface area contributed by atoms with Crippen LogP contribution in [0.4, 0.5) is 4.39 Å². The van der Waals surface area contributed by atoms with Crippen LogP contribution in [0, 0.1) is 6.92 Å². The van der Waals surface area contributed by atoms with Crippen molar-refractivity contribution < 1.29 is 14.3 Å². The first kappa shape index (κ1) is 12.6. The number of aliphatic carboxylic acids is 1. The molecular weight excluding hydrogens is 209 g/mol. The van der Waals surface area contributed by atoms with E-state index in [1.165, 1.54) is 0 Å². The summed E-state index contributed by atoms with van der Waals surface area (Å²) >= 11 is 0. The van der Waals surface area contributed by atoms with Gasteiger partial charge < -0.3 is 10.8 Å². The minimum atomic E-state index is -0.866. The highest BCUT2D eigenvalue weighted by Crippen LogP contribution is 2.21. The van der Waals surface area contributed by atoms with Crippen LogP contribution in [0.1, 0.15) is 35.6 Å². The molecule has 0 aliphatic heterocycles. The molecule has 16 heavy (non-hydrogen) atoms. The molecule has 0 saturated carbocycles. The maximum absolute atomic E-state index is 12.5. The normalized spacial score (nSPS) is 12.4. The molecule has 0 radical (unpaired) electrons. The number of alkyl halides is 1. The second-order valence-electron chi connectivity index (χ2n) is 3.86. The fraction of sp³-hybridized carbons (Fsp3) is 0.417. The summed E-state index contributed by atoms with van der Waals surface area (Å²) in [5.41, 5.74) is 8.25. The van der Waals surface area contributed by atoms with Crippen molar-refractivity contribution in [1.29, 1.82) is 0 Å². The predicted octanol–water partition coefficient (Wildman–Crippen LogP) is 2.33. The molecule has 1 aromatic carbocycles. The molecule has 3 N–H and O–H groups in total. The van der Waals surface area contributed by atoms with Gasteiger partial charge in [0.1, 0.15) is 6.67 Å². The molecular formula is C12H16FNO2. The number of hydrogen-bond donors (Lipinski definition) is 2. The average molecular weight is 225 g/mol. The standard InChI is InChI=1S/C12H16FNO2/c1-8-2-3-9(7-13)6-10(8)11(14)4-5-12(15)16/h2-3,6,11H,4-5,7,14H2,1H3,(H,15,16). The van der Waals surface area contributed by atoms with Gasteiger partial charge in [0.2, 0.25) is 0 Å². The fourth-order valence-corrected chi connectivity index (χ4v) is 1.61. The topological polar surface area (TPSA) is 63.3 Å². The van der Waals surface area contributed by atoms with Gasteiger partial charge in [-0.15, -0.1) is 0 Å². The SMILES string of the molecule is Cc1ccc(CF)cc1C(N)CCC(=O)O. The Balaban J connectivity index is 2.80. The maximum Gasteiger partial charge on any atom is 0.303 e. The van der Waals surface area contributed by atoms with E-state index in [-0.39, 0.29) is 12.5 Å². The van der Waals surface area contributed by atoms with Crippen LogP contribution < -0.4 is 5.73 Å². The summed E-state index contributed by atoms with van der Waals surface area (Å²) in [6.45, 7) is 1.36. The number of nitrogens with two attached hydrogens (primary N) is 1. The smallest absolute Gasteiger partial charge is 0.303 e. The summed E-state index contributed by atoms with van der Waals surface area (Å²) in [7, 11) is 0. The van der Waals surface area contributed by atoms with E-state index in [2.05, 4.69) is 0 Å². The highest BCUT2D eigenvalue weighted by molar-refractivity contribution is 5.66. The lowest BCUT2D eigenvalue weighted by atomic mass is 9.96. The minimum absolute atomic E-state index is 0.0282. The molecule has 0 fully saturated rings. The molecule has 3 nitrogen and oxygen atoms in total. The number of aryl methyl sites for hydroxylation is 1. The van der Waals surface area contributed by atoms with E-state index >= 15 is 0 Å². The van der Waals surface area contributed by atoms with Crippen molar-refractivity contribution in [2.45, 2.75) is 32.5 Å². The van der Waals surface area contributed by atoms with E-state index in [0.717, 1.165) is 11.1 Å². The maximum atomic E-state index is 12.5. The summed E-state index contributed by atoms with van der Waals surface area (Å²) < 4.78 is 12.5. The molecule has 0 bridgehead atoms. The second kappa shape index (κ2) is 5.61. The van der Waals surface area contributed by atoms with Gasteiger partial charge in [0.15, 0.2) is 0 Å². The number of halogens is 1. The van der Waals surface area contributed by atoms with Crippen LogP contribution in [0.2, 0.25) is 0 Å². The summed E-state index contributed by atoms with van der Waals surface area (Å²) in [4.78, 5) is 10.4. The van der Waals surface area contributed by atoms with E-state index in [9.17, 15) is 9.18 Å². The quantitative estimate of drug-likeness (QED) is 0.808. The third kappa shape index (κ3) is 3.31. The molecule has 0 aliphatic rings. The Morgan fingerprint density at radius 2 is 2.25 bits per heavy atom. The van der Waals surface area contributed by atoms with E-state index < -0.39 is 12.6 Å². The predicted molar refractivity (Wildman–Crippen MR) is 59.8 cm³/mol. The zero-order valence-electron chi connectivity index (χ0n) is 9.24. The van der Waals surface area contributed by atoms with Crippen LogP contribution >= 0.6 is 0 Å². The van der Waals surface area contributed by atoms with Crippen LogP contribution in [-0.2, 0) is 11.5 Å². The van der Waals surface area contributed by atoms with Gasteiger partial charge in [0.05, 0.1) is 0 Å². The van der Waals surface area contributed by atoms with Crippen molar-refractivity contribution in [3.05, 3.63) is 34.9 Å². The van der Waals surface area contributed by atoms with Gasteiger partial charge >= 0.3 is 5.97 Å². The zero-order valence-corrected chi connectivity index (χ0v) is 9.24. The molecule has 1 unspecified atom stereocenters. The van der Waals surface area contributed by atoms with Gasteiger partial charge in [0, 0.05) is 12.5 Å². The Bertz CT molecular complexity index is 379. The lowest BCUT2D eigenvalue weighted by Crippen LogP contribution is -2.13. The Hall–Kier alpha value is -1.42. The van der Waals surface area contributed by atoms with Gasteiger partial charge in [-0.1, -0.05) is 18.2 Å². The highest BCUT2D eigenvalue weighted by atomic mass is 19.1. The van der Waals surface area contributed by atoms with Gasteiger partial charge in [-0.25, -0.2) is 4.39 Å². The van der Waals surface area contributed by atoms with Gasteiger partial charge in [-0.3, -0.25) is 4.79 Å². The van der Waals surface area contributed by atoms with Crippen LogP contribution in [0.15, 0.2) is 18.2 Å². The molecule has 0 spiro atoms. The number of benzene rings is 1. The van der Waals surface area contributed by atoms with Crippen LogP contribution in [0.3, 0.4) is 0 Å². The second-order valence-corrected chi connectivity index (χ2v) is 3.86. The molecule has 0 heterocycles. The molecule has 1 rings (SSSR count). The number of rotatable bonds is 5. The fourth-order valence-electron chi connectivity index (χ4n) is 1.61. The Kier molecular flexibility index (Phi) is 4.43. The summed E-state index contributed by atoms with van der Waals surface area (Å²) in [6, 6.07) is 4.89. The molecule has 0 aromatic heterocycles. The highest BCUT2D eigenvalue weighted by Gasteiger charge is 2.11. The largest absolute Gasteiger partial charge is 0.481 e. The molecule has 88 valence electrons. The average Bonchev–Trinajstić information content (AvgIpc) is 2.26. The third-order valence-corrected chi connectivity index (χ3v) is 2.57. The number of carboxylic acid groups (broad SMARTS) is 1. The first-order valence-corrected chi connectivity index (χ1v) is 5.17. The minimum Gasteiger partial charge on any atom is -0.481 e. The molecule has 4 heteroatoms. The molecule has 0 aliphatic carbocycles. The zero-order chi connectivity index (χ0) is 12.1. The van der Waals surface area contributed by atoms with Crippen molar-refractivity contribution in [3.63, 3.8) is 0 Å². The van der Waals surface area contributed by atoms with Crippen molar-refractivity contribution in [1.82, 2.24) is 0 Å². The van der Waals surface area contributed by atoms with Crippen LogP contribution in [0.25, 0.3) is 0 Å². The Labute approximate surface area is 94.1 Å². The summed E-state index contributed by atoms with van der Waals surface area (Å²) in [5.74, 6) is -0.866. The Morgan fingerprint density at radius 1 is 1.56 bits per heavy atom. The molecule has 0 saturated heterocycles. The van der Waals surface area contributed by atoms with Gasteiger partial charge in [-0.2, -0.15) is 0 Å². The Morgan fingerprint density at radius 3 is 2.81 bits per heavy atom. The summed E-state index contributed by atoms with van der Waals surface area (Å²) in [5, 5.41) is 8.56. The van der Waals surface area contributed by atoms with E-state index in [0.29, 0.717) is 12.0 Å². The van der Waals surface area contributed by atoms with Crippen LogP contribution in [0.5, 0.6) is 0 Å². The first-order chi connectivity index (χ1) is 7.54.